The Kier molecular flexibility index (Phi) is 14.2. The molecular formula is C41H43ClO4S2. The molecule has 0 radical (unpaired) electrons. The monoisotopic (exact) mass is 698 g/mol. The number of methoxy groups -OCH3 is 2. The quantitative estimate of drug-likeness (QED) is 0.0580. The minimum atomic E-state index is -0.410. The predicted octanol–water partition coefficient (Wildman–Crippen LogP) is 9.87. The normalized spacial score (nSPS) is 14.4. The van der Waals surface area contributed by atoms with Gasteiger partial charge in [-0.05, 0) is 52.1 Å². The molecule has 0 aromatic heterocycles. The van der Waals surface area contributed by atoms with Crippen molar-refractivity contribution in [1.82, 2.24) is 0 Å². The molecular weight excluding hydrogens is 656 g/mol. The summed E-state index contributed by atoms with van der Waals surface area (Å²) in [5.74, 6) is 3.49. The van der Waals surface area contributed by atoms with Crippen molar-refractivity contribution in [2.75, 3.05) is 39.1 Å². The van der Waals surface area contributed by atoms with Gasteiger partial charge in [-0.15, -0.1) is 23.4 Å². The molecule has 2 atom stereocenters. The van der Waals surface area contributed by atoms with E-state index in [0.717, 1.165) is 28.9 Å². The van der Waals surface area contributed by atoms with Gasteiger partial charge in [-0.25, -0.2) is 0 Å². The van der Waals surface area contributed by atoms with Gasteiger partial charge in [0, 0.05) is 22.1 Å². The third kappa shape index (κ3) is 10.3. The van der Waals surface area contributed by atoms with E-state index in [2.05, 4.69) is 91.0 Å². The molecule has 5 aromatic rings. The van der Waals surface area contributed by atoms with Crippen LogP contribution in [0.3, 0.4) is 0 Å². The van der Waals surface area contributed by atoms with E-state index in [0.29, 0.717) is 25.7 Å². The molecule has 1 saturated heterocycles. The van der Waals surface area contributed by atoms with Gasteiger partial charge in [-0.2, -0.15) is 11.8 Å². The van der Waals surface area contributed by atoms with Crippen LogP contribution in [0.2, 0.25) is 0 Å². The highest BCUT2D eigenvalue weighted by molar-refractivity contribution is 8.06. The Morgan fingerprint density at radius 1 is 0.646 bits per heavy atom. The van der Waals surface area contributed by atoms with Crippen molar-refractivity contribution in [3.8, 4) is 11.5 Å². The SMILES string of the molecule is COc1ccc(COCC(CCl)SC(c2ccccc2)(c2ccccc2)c2ccccc2)cc1.COc1ccc(COCC2CS2)cc1. The maximum absolute atomic E-state index is 6.54. The van der Waals surface area contributed by atoms with Crippen LogP contribution in [-0.2, 0) is 27.4 Å². The van der Waals surface area contributed by atoms with Gasteiger partial charge < -0.3 is 18.9 Å². The second-order valence-electron chi connectivity index (χ2n) is 11.4. The largest absolute Gasteiger partial charge is 0.497 e. The Morgan fingerprint density at radius 2 is 1.06 bits per heavy atom. The fourth-order valence-electron chi connectivity index (χ4n) is 5.31. The lowest BCUT2D eigenvalue weighted by molar-refractivity contribution is 0.124. The Labute approximate surface area is 299 Å². The number of ether oxygens (including phenoxy) is 4. The summed E-state index contributed by atoms with van der Waals surface area (Å²) in [5, 5.41) is 0.841. The predicted molar refractivity (Wildman–Crippen MR) is 203 cm³/mol. The molecule has 2 unspecified atom stereocenters. The van der Waals surface area contributed by atoms with Gasteiger partial charge in [0.15, 0.2) is 0 Å². The first-order valence-corrected chi connectivity index (χ1v) is 18.5. The maximum Gasteiger partial charge on any atom is 0.118 e. The van der Waals surface area contributed by atoms with Crippen LogP contribution >= 0.6 is 35.1 Å². The molecule has 6 rings (SSSR count). The van der Waals surface area contributed by atoms with Crippen molar-refractivity contribution in [2.45, 2.75) is 28.5 Å². The van der Waals surface area contributed by atoms with Crippen molar-refractivity contribution >= 4 is 35.1 Å². The summed E-state index contributed by atoms with van der Waals surface area (Å²) in [7, 11) is 3.35. The summed E-state index contributed by atoms with van der Waals surface area (Å²) in [5.41, 5.74) is 5.99. The lowest BCUT2D eigenvalue weighted by atomic mass is 9.84. The van der Waals surface area contributed by atoms with Gasteiger partial charge in [-0.3, -0.25) is 0 Å². The minimum absolute atomic E-state index is 0.0838. The Morgan fingerprint density at radius 3 is 1.44 bits per heavy atom. The first kappa shape index (κ1) is 35.9. The minimum Gasteiger partial charge on any atom is -0.497 e. The first-order valence-electron chi connectivity index (χ1n) is 16.1. The average Bonchev–Trinajstić information content (AvgIpc) is 4.00. The van der Waals surface area contributed by atoms with Crippen LogP contribution in [0.1, 0.15) is 27.8 Å². The molecule has 0 amide bonds. The molecule has 250 valence electrons. The van der Waals surface area contributed by atoms with Gasteiger partial charge in [0.05, 0.1) is 45.4 Å². The van der Waals surface area contributed by atoms with Gasteiger partial charge in [0.2, 0.25) is 0 Å². The molecule has 1 aliphatic rings. The molecule has 1 aliphatic heterocycles. The fourth-order valence-corrected chi connectivity index (χ4v) is 7.55. The van der Waals surface area contributed by atoms with Crippen LogP contribution in [0.5, 0.6) is 11.5 Å². The third-order valence-electron chi connectivity index (χ3n) is 7.92. The summed E-state index contributed by atoms with van der Waals surface area (Å²) < 4.78 is 21.6. The molecule has 0 saturated carbocycles. The molecule has 7 heteroatoms. The molecule has 1 heterocycles. The van der Waals surface area contributed by atoms with Crippen LogP contribution < -0.4 is 9.47 Å². The van der Waals surface area contributed by atoms with Crippen molar-refractivity contribution in [3.63, 3.8) is 0 Å². The number of hydrogen-bond acceptors (Lipinski definition) is 6. The van der Waals surface area contributed by atoms with Crippen molar-refractivity contribution in [2.24, 2.45) is 0 Å². The van der Waals surface area contributed by atoms with Gasteiger partial charge in [0.1, 0.15) is 11.5 Å². The van der Waals surface area contributed by atoms with E-state index < -0.39 is 4.75 Å². The summed E-state index contributed by atoms with van der Waals surface area (Å²) in [6, 6.07) is 48.0. The highest BCUT2D eigenvalue weighted by Gasteiger charge is 2.39. The van der Waals surface area contributed by atoms with Crippen LogP contribution in [0.15, 0.2) is 140 Å². The zero-order chi connectivity index (χ0) is 33.4. The van der Waals surface area contributed by atoms with Crippen molar-refractivity contribution in [1.29, 1.82) is 0 Å². The van der Waals surface area contributed by atoms with E-state index in [1.54, 1.807) is 14.2 Å². The van der Waals surface area contributed by atoms with E-state index >= 15 is 0 Å². The summed E-state index contributed by atoms with van der Waals surface area (Å²) in [4.78, 5) is 0. The third-order valence-corrected chi connectivity index (χ3v) is 11.1. The smallest absolute Gasteiger partial charge is 0.118 e. The molecule has 0 spiro atoms. The lowest BCUT2D eigenvalue weighted by Gasteiger charge is -2.38. The number of rotatable bonds is 16. The molecule has 0 aliphatic carbocycles. The van der Waals surface area contributed by atoms with Gasteiger partial charge >= 0.3 is 0 Å². The zero-order valence-corrected chi connectivity index (χ0v) is 29.9. The van der Waals surface area contributed by atoms with E-state index in [-0.39, 0.29) is 5.25 Å². The molecule has 1 fully saturated rings. The van der Waals surface area contributed by atoms with Crippen LogP contribution in [0.25, 0.3) is 0 Å². The number of halogens is 1. The number of thioether (sulfide) groups is 2. The molecule has 0 bridgehead atoms. The zero-order valence-electron chi connectivity index (χ0n) is 27.5. The lowest BCUT2D eigenvalue weighted by Crippen LogP contribution is -2.30. The summed E-state index contributed by atoms with van der Waals surface area (Å²) in [6.07, 6.45) is 0. The average molecular weight is 699 g/mol. The molecule has 4 nitrogen and oxygen atoms in total. The first-order chi connectivity index (χ1) is 23.6. The van der Waals surface area contributed by atoms with Crippen molar-refractivity contribution in [3.05, 3.63) is 167 Å². The maximum atomic E-state index is 6.54. The van der Waals surface area contributed by atoms with E-state index in [1.165, 1.54) is 28.0 Å². The van der Waals surface area contributed by atoms with Gasteiger partial charge in [-0.1, -0.05) is 115 Å². The summed E-state index contributed by atoms with van der Waals surface area (Å²) in [6.45, 7) is 2.68. The fraction of sp³-hybridized carbons (Fsp3) is 0.268. The van der Waals surface area contributed by atoms with Crippen LogP contribution in [0.4, 0.5) is 0 Å². The molecule has 48 heavy (non-hydrogen) atoms. The number of hydrogen-bond donors (Lipinski definition) is 0. The number of benzene rings is 5. The number of alkyl halides is 1. The standard InChI is InChI=1S/C30H29ClO2S.C11H14O2S/c1-32-28-19-17-24(18-20-28)22-33-23-29(21-31)34-30(25-11-5-2-6-12-25,26-13-7-3-8-14-26)27-15-9-4-10-16-27;1-12-10-4-2-9(3-5-10)6-13-7-11-8-14-11/h2-20,29H,21-23H2,1H3;2-5,11H,6-8H2,1H3. The Bertz CT molecular complexity index is 1500. The van der Waals surface area contributed by atoms with E-state index in [1.807, 2.05) is 72.1 Å². The van der Waals surface area contributed by atoms with Gasteiger partial charge in [0.25, 0.3) is 0 Å². The summed E-state index contributed by atoms with van der Waals surface area (Å²) >= 11 is 10.4. The van der Waals surface area contributed by atoms with Crippen LogP contribution in [-0.4, -0.2) is 49.6 Å². The van der Waals surface area contributed by atoms with E-state index in [9.17, 15) is 0 Å². The highest BCUT2D eigenvalue weighted by Crippen LogP contribution is 2.50. The second-order valence-corrected chi connectivity index (χ2v) is 14.5. The molecule has 5 aromatic carbocycles. The van der Waals surface area contributed by atoms with E-state index in [4.69, 9.17) is 30.5 Å². The van der Waals surface area contributed by atoms with Crippen LogP contribution in [0, 0.1) is 0 Å². The highest BCUT2D eigenvalue weighted by atomic mass is 35.5. The molecule has 0 N–H and O–H groups in total. The van der Waals surface area contributed by atoms with Crippen molar-refractivity contribution < 1.29 is 18.9 Å². The Hall–Kier alpha value is -3.39. The second kappa shape index (κ2) is 19.0. The Balaban J connectivity index is 0.000000267. The topological polar surface area (TPSA) is 36.9 Å².